The minimum atomic E-state index is -0.422. The van der Waals surface area contributed by atoms with Crippen LogP contribution in [-0.2, 0) is 4.74 Å². The fraction of sp³-hybridized carbons (Fsp3) is 0.667. The van der Waals surface area contributed by atoms with Gasteiger partial charge in [-0.25, -0.2) is 14.4 Å². The molecule has 0 atom stereocenters. The number of rotatable bonds is 5. The summed E-state index contributed by atoms with van der Waals surface area (Å²) in [5.74, 6) is 0.0411. The summed E-state index contributed by atoms with van der Waals surface area (Å²) in [6.45, 7) is 3.45. The highest BCUT2D eigenvalue weighted by molar-refractivity contribution is 5.23. The van der Waals surface area contributed by atoms with Gasteiger partial charge in [0.25, 0.3) is 0 Å². The first-order chi connectivity index (χ1) is 8.74. The number of anilines is 1. The Kier molecular flexibility index (Phi) is 4.43. The molecule has 0 spiro atoms. The minimum Gasteiger partial charge on any atom is -0.384 e. The Morgan fingerprint density at radius 2 is 2.06 bits per heavy atom. The van der Waals surface area contributed by atoms with Crippen LogP contribution < -0.4 is 10.6 Å². The smallest absolute Gasteiger partial charge is 0.222 e. The molecule has 1 fully saturated rings. The van der Waals surface area contributed by atoms with Gasteiger partial charge in [-0.1, -0.05) is 0 Å². The van der Waals surface area contributed by atoms with Gasteiger partial charge in [0.1, 0.15) is 0 Å². The Morgan fingerprint density at radius 1 is 1.39 bits per heavy atom. The third-order valence-electron chi connectivity index (χ3n) is 3.36. The molecule has 100 valence electrons. The van der Waals surface area contributed by atoms with Gasteiger partial charge in [0, 0.05) is 19.1 Å². The third kappa shape index (κ3) is 3.36. The molecule has 1 aromatic rings. The number of methoxy groups -OCH3 is 1. The zero-order valence-electron chi connectivity index (χ0n) is 10.6. The van der Waals surface area contributed by atoms with E-state index in [1.54, 1.807) is 7.11 Å². The predicted molar refractivity (Wildman–Crippen MR) is 66.9 cm³/mol. The van der Waals surface area contributed by atoms with E-state index < -0.39 is 5.82 Å². The van der Waals surface area contributed by atoms with Crippen molar-refractivity contribution in [3.8, 4) is 0 Å². The topological polar surface area (TPSA) is 59.1 Å². The molecule has 2 rings (SSSR count). The molecular weight excluding hydrogens is 235 g/mol. The molecule has 0 radical (unpaired) electrons. The Hall–Kier alpha value is -1.27. The van der Waals surface area contributed by atoms with Gasteiger partial charge in [0.15, 0.2) is 5.82 Å². The van der Waals surface area contributed by atoms with Gasteiger partial charge in [0.05, 0.1) is 19.0 Å². The van der Waals surface area contributed by atoms with Crippen molar-refractivity contribution in [3.63, 3.8) is 0 Å². The molecule has 0 aromatic carbocycles. The van der Waals surface area contributed by atoms with Crippen molar-refractivity contribution in [2.45, 2.75) is 12.8 Å². The van der Waals surface area contributed by atoms with Crippen molar-refractivity contribution < 1.29 is 9.13 Å². The van der Waals surface area contributed by atoms with Crippen LogP contribution in [0.3, 0.4) is 0 Å². The zero-order chi connectivity index (χ0) is 12.8. The van der Waals surface area contributed by atoms with Crippen LogP contribution in [0, 0.1) is 11.2 Å². The van der Waals surface area contributed by atoms with E-state index in [-0.39, 0.29) is 5.41 Å². The SMILES string of the molecule is COCC1(CNc2ncc(F)cn2)CCNCC1. The van der Waals surface area contributed by atoms with E-state index in [4.69, 9.17) is 4.74 Å². The predicted octanol–water partition coefficient (Wildman–Crippen LogP) is 1.04. The van der Waals surface area contributed by atoms with Crippen molar-refractivity contribution in [2.24, 2.45) is 5.41 Å². The lowest BCUT2D eigenvalue weighted by Crippen LogP contribution is -2.44. The molecule has 0 amide bonds. The normalized spacial score (nSPS) is 18.6. The van der Waals surface area contributed by atoms with E-state index >= 15 is 0 Å². The van der Waals surface area contributed by atoms with Gasteiger partial charge in [-0.05, 0) is 25.9 Å². The summed E-state index contributed by atoms with van der Waals surface area (Å²) in [4.78, 5) is 7.80. The summed E-state index contributed by atoms with van der Waals surface area (Å²) in [6.07, 6.45) is 4.44. The molecule has 5 nitrogen and oxygen atoms in total. The number of hydrogen-bond acceptors (Lipinski definition) is 5. The van der Waals surface area contributed by atoms with Gasteiger partial charge in [-0.3, -0.25) is 0 Å². The molecule has 6 heteroatoms. The minimum absolute atomic E-state index is 0.109. The summed E-state index contributed by atoms with van der Waals surface area (Å²) in [5.41, 5.74) is 0.109. The lowest BCUT2D eigenvalue weighted by molar-refractivity contribution is 0.0634. The average Bonchev–Trinajstić information content (AvgIpc) is 2.40. The molecule has 18 heavy (non-hydrogen) atoms. The molecule has 1 aromatic heterocycles. The summed E-state index contributed by atoms with van der Waals surface area (Å²) in [5, 5.41) is 6.51. The van der Waals surface area contributed by atoms with Crippen molar-refractivity contribution >= 4 is 5.95 Å². The maximum atomic E-state index is 12.7. The first kappa shape index (κ1) is 13.2. The number of nitrogens with zero attached hydrogens (tertiary/aromatic N) is 2. The van der Waals surface area contributed by atoms with Gasteiger partial charge in [-0.2, -0.15) is 0 Å². The molecule has 0 aliphatic carbocycles. The first-order valence-electron chi connectivity index (χ1n) is 6.15. The fourth-order valence-corrected chi connectivity index (χ4v) is 2.31. The van der Waals surface area contributed by atoms with E-state index in [2.05, 4.69) is 20.6 Å². The quantitative estimate of drug-likeness (QED) is 0.822. The second-order valence-corrected chi connectivity index (χ2v) is 4.76. The molecule has 0 unspecified atom stereocenters. The van der Waals surface area contributed by atoms with Crippen LogP contribution in [0.15, 0.2) is 12.4 Å². The monoisotopic (exact) mass is 254 g/mol. The number of halogens is 1. The number of nitrogens with one attached hydrogen (secondary N) is 2. The van der Waals surface area contributed by atoms with Crippen molar-refractivity contribution in [2.75, 3.05) is 38.7 Å². The maximum Gasteiger partial charge on any atom is 0.222 e. The molecule has 0 bridgehead atoms. The lowest BCUT2D eigenvalue weighted by atomic mass is 9.79. The van der Waals surface area contributed by atoms with Crippen LogP contribution >= 0.6 is 0 Å². The fourth-order valence-electron chi connectivity index (χ4n) is 2.31. The molecule has 1 aliphatic heterocycles. The molecule has 0 saturated carbocycles. The van der Waals surface area contributed by atoms with Gasteiger partial charge >= 0.3 is 0 Å². The van der Waals surface area contributed by atoms with Gasteiger partial charge in [-0.15, -0.1) is 0 Å². The highest BCUT2D eigenvalue weighted by atomic mass is 19.1. The molecule has 1 saturated heterocycles. The standard InChI is InChI=1S/C12H19FN4O/c1-18-9-12(2-4-14-5-3-12)8-17-11-15-6-10(13)7-16-11/h6-7,14H,2-5,8-9H2,1H3,(H,15,16,17). The van der Waals surface area contributed by atoms with E-state index in [0.717, 1.165) is 32.5 Å². The summed E-state index contributed by atoms with van der Waals surface area (Å²) in [7, 11) is 1.72. The molecule has 2 N–H and O–H groups in total. The van der Waals surface area contributed by atoms with E-state index in [9.17, 15) is 4.39 Å². The summed E-state index contributed by atoms with van der Waals surface area (Å²) in [6, 6.07) is 0. The Labute approximate surface area is 106 Å². The molecular formula is C12H19FN4O. The Bertz CT molecular complexity index is 359. The van der Waals surface area contributed by atoms with E-state index in [1.807, 2.05) is 0 Å². The summed E-state index contributed by atoms with van der Waals surface area (Å²) < 4.78 is 18.0. The Morgan fingerprint density at radius 3 is 2.67 bits per heavy atom. The third-order valence-corrected chi connectivity index (χ3v) is 3.36. The number of hydrogen-bond donors (Lipinski definition) is 2. The van der Waals surface area contributed by atoms with Crippen LogP contribution in [-0.4, -0.2) is 43.3 Å². The second kappa shape index (κ2) is 6.06. The molecule has 2 heterocycles. The lowest BCUT2D eigenvalue weighted by Gasteiger charge is -2.37. The van der Waals surface area contributed by atoms with Crippen LogP contribution in [0.5, 0.6) is 0 Å². The average molecular weight is 254 g/mol. The van der Waals surface area contributed by atoms with Gasteiger partial charge < -0.3 is 15.4 Å². The number of aromatic nitrogens is 2. The zero-order valence-corrected chi connectivity index (χ0v) is 10.6. The number of piperidine rings is 1. The highest BCUT2D eigenvalue weighted by Gasteiger charge is 2.32. The van der Waals surface area contributed by atoms with Crippen LogP contribution in [0.4, 0.5) is 10.3 Å². The second-order valence-electron chi connectivity index (χ2n) is 4.76. The Balaban J connectivity index is 1.94. The summed E-state index contributed by atoms with van der Waals surface area (Å²) >= 11 is 0. The van der Waals surface area contributed by atoms with Crippen LogP contribution in [0.25, 0.3) is 0 Å². The molecule has 1 aliphatic rings. The van der Waals surface area contributed by atoms with E-state index in [1.165, 1.54) is 12.4 Å². The highest BCUT2D eigenvalue weighted by Crippen LogP contribution is 2.29. The van der Waals surface area contributed by atoms with Crippen molar-refractivity contribution in [3.05, 3.63) is 18.2 Å². The van der Waals surface area contributed by atoms with Crippen LogP contribution in [0.1, 0.15) is 12.8 Å². The van der Waals surface area contributed by atoms with E-state index in [0.29, 0.717) is 12.6 Å². The number of ether oxygens (including phenoxy) is 1. The van der Waals surface area contributed by atoms with Gasteiger partial charge in [0.2, 0.25) is 5.95 Å². The van der Waals surface area contributed by atoms with Crippen LogP contribution in [0.2, 0.25) is 0 Å². The largest absolute Gasteiger partial charge is 0.384 e. The van der Waals surface area contributed by atoms with Crippen molar-refractivity contribution in [1.82, 2.24) is 15.3 Å². The first-order valence-corrected chi connectivity index (χ1v) is 6.15. The maximum absolute atomic E-state index is 12.7. The van der Waals surface area contributed by atoms with Crippen molar-refractivity contribution in [1.29, 1.82) is 0 Å².